The summed E-state index contributed by atoms with van der Waals surface area (Å²) in [4.78, 5) is 12.9. The number of carbonyl (C=O) groups is 1. The number of carbonyl (C=O) groups excluding carboxylic acids is 1. The van der Waals surface area contributed by atoms with E-state index in [1.807, 2.05) is 4.90 Å². The summed E-state index contributed by atoms with van der Waals surface area (Å²) in [5.41, 5.74) is 0. The highest BCUT2D eigenvalue weighted by Crippen LogP contribution is 1.88. The summed E-state index contributed by atoms with van der Waals surface area (Å²) in [5, 5.41) is 2.56. The molecule has 0 fully saturated rings. The first-order chi connectivity index (χ1) is 5.74. The molecule has 0 atom stereocenters. The van der Waals surface area contributed by atoms with Gasteiger partial charge in [-0.05, 0) is 0 Å². The van der Waals surface area contributed by atoms with E-state index in [-0.39, 0.29) is 5.91 Å². The van der Waals surface area contributed by atoms with Gasteiger partial charge in [-0.25, -0.2) is 0 Å². The van der Waals surface area contributed by atoms with Crippen LogP contribution in [-0.4, -0.2) is 37.5 Å². The highest BCUT2D eigenvalue weighted by molar-refractivity contribution is 5.77. The monoisotopic (exact) mass is 168 g/mol. The largest absolute Gasteiger partial charge is 0.358 e. The van der Waals surface area contributed by atoms with Crippen molar-refractivity contribution in [1.82, 2.24) is 10.2 Å². The molecule has 0 radical (unpaired) electrons. The zero-order valence-electron chi connectivity index (χ0n) is 7.55. The second-order valence-electron chi connectivity index (χ2n) is 2.44. The highest BCUT2D eigenvalue weighted by atomic mass is 16.1. The van der Waals surface area contributed by atoms with Crippen molar-refractivity contribution >= 4 is 5.91 Å². The Kier molecular flexibility index (Phi) is 6.01. The van der Waals surface area contributed by atoms with Crippen molar-refractivity contribution in [2.75, 3.05) is 26.7 Å². The lowest BCUT2D eigenvalue weighted by Crippen LogP contribution is -2.35. The molecule has 12 heavy (non-hydrogen) atoms. The summed E-state index contributed by atoms with van der Waals surface area (Å²) in [7, 11) is 1.63. The van der Waals surface area contributed by atoms with Crippen LogP contribution in [0.15, 0.2) is 25.3 Å². The summed E-state index contributed by atoms with van der Waals surface area (Å²) >= 11 is 0. The van der Waals surface area contributed by atoms with E-state index in [0.29, 0.717) is 19.6 Å². The molecule has 0 spiro atoms. The third-order valence-corrected chi connectivity index (χ3v) is 1.42. The number of rotatable bonds is 6. The Balaban J connectivity index is 3.83. The molecule has 0 bridgehead atoms. The average molecular weight is 168 g/mol. The van der Waals surface area contributed by atoms with Gasteiger partial charge in [0, 0.05) is 20.1 Å². The van der Waals surface area contributed by atoms with Gasteiger partial charge >= 0.3 is 0 Å². The number of amides is 1. The molecular weight excluding hydrogens is 152 g/mol. The van der Waals surface area contributed by atoms with Gasteiger partial charge < -0.3 is 5.32 Å². The van der Waals surface area contributed by atoms with E-state index in [2.05, 4.69) is 18.5 Å². The molecule has 1 amide bonds. The van der Waals surface area contributed by atoms with Crippen LogP contribution in [0.5, 0.6) is 0 Å². The topological polar surface area (TPSA) is 32.3 Å². The van der Waals surface area contributed by atoms with Gasteiger partial charge in [0.1, 0.15) is 0 Å². The summed E-state index contributed by atoms with van der Waals surface area (Å²) in [6.07, 6.45) is 3.54. The molecular formula is C9H16N2O. The minimum absolute atomic E-state index is 0.0127. The smallest absolute Gasteiger partial charge is 0.233 e. The third kappa shape index (κ3) is 4.68. The zero-order valence-corrected chi connectivity index (χ0v) is 7.55. The molecule has 0 aliphatic heterocycles. The van der Waals surface area contributed by atoms with Crippen molar-refractivity contribution in [3.05, 3.63) is 25.3 Å². The zero-order chi connectivity index (χ0) is 9.40. The molecule has 0 aromatic carbocycles. The minimum atomic E-state index is 0.0127. The maximum Gasteiger partial charge on any atom is 0.233 e. The molecule has 1 N–H and O–H groups in total. The van der Waals surface area contributed by atoms with Crippen molar-refractivity contribution in [3.8, 4) is 0 Å². The fourth-order valence-corrected chi connectivity index (χ4v) is 0.851. The van der Waals surface area contributed by atoms with Gasteiger partial charge in [0.2, 0.25) is 5.91 Å². The SMILES string of the molecule is C=CCN(CC=C)CC(=O)NC. The molecule has 68 valence electrons. The summed E-state index contributed by atoms with van der Waals surface area (Å²) in [6, 6.07) is 0. The number of hydrogen-bond donors (Lipinski definition) is 1. The molecule has 0 rings (SSSR count). The van der Waals surface area contributed by atoms with Crippen LogP contribution < -0.4 is 5.32 Å². The fraction of sp³-hybridized carbons (Fsp3) is 0.444. The van der Waals surface area contributed by atoms with Crippen molar-refractivity contribution in [1.29, 1.82) is 0 Å². The van der Waals surface area contributed by atoms with Crippen molar-refractivity contribution in [2.45, 2.75) is 0 Å². The molecule has 0 unspecified atom stereocenters. The highest BCUT2D eigenvalue weighted by Gasteiger charge is 2.04. The van der Waals surface area contributed by atoms with E-state index in [1.165, 1.54) is 0 Å². The minimum Gasteiger partial charge on any atom is -0.358 e. The van der Waals surface area contributed by atoms with Crippen molar-refractivity contribution < 1.29 is 4.79 Å². The summed E-state index contributed by atoms with van der Waals surface area (Å²) in [6.45, 7) is 9.03. The third-order valence-electron chi connectivity index (χ3n) is 1.42. The first kappa shape index (κ1) is 10.9. The van der Waals surface area contributed by atoms with Crippen LogP contribution in [0.4, 0.5) is 0 Å². The van der Waals surface area contributed by atoms with Gasteiger partial charge in [0.25, 0.3) is 0 Å². The second kappa shape index (κ2) is 6.61. The normalized spacial score (nSPS) is 9.50. The fourth-order valence-electron chi connectivity index (χ4n) is 0.851. The molecule has 0 aliphatic carbocycles. The van der Waals surface area contributed by atoms with Crippen LogP contribution in [0.25, 0.3) is 0 Å². The van der Waals surface area contributed by atoms with E-state index in [1.54, 1.807) is 19.2 Å². The average Bonchev–Trinajstić information content (AvgIpc) is 2.05. The number of likely N-dealkylation sites (N-methyl/N-ethyl adjacent to an activating group) is 1. The maximum absolute atomic E-state index is 11.0. The molecule has 3 heteroatoms. The number of nitrogens with zero attached hydrogens (tertiary/aromatic N) is 1. The van der Waals surface area contributed by atoms with Crippen LogP contribution in [0.1, 0.15) is 0 Å². The number of nitrogens with one attached hydrogen (secondary N) is 1. The van der Waals surface area contributed by atoms with Gasteiger partial charge in [-0.15, -0.1) is 13.2 Å². The van der Waals surface area contributed by atoms with E-state index < -0.39 is 0 Å². The molecule has 0 aliphatic rings. The maximum atomic E-state index is 11.0. The lowest BCUT2D eigenvalue weighted by Gasteiger charge is -2.16. The second-order valence-corrected chi connectivity index (χ2v) is 2.44. The van der Waals surface area contributed by atoms with Crippen LogP contribution in [-0.2, 0) is 4.79 Å². The summed E-state index contributed by atoms with van der Waals surface area (Å²) in [5.74, 6) is 0.0127. The lowest BCUT2D eigenvalue weighted by atomic mass is 10.4. The first-order valence-electron chi connectivity index (χ1n) is 3.89. The van der Waals surface area contributed by atoms with E-state index in [4.69, 9.17) is 0 Å². The van der Waals surface area contributed by atoms with Gasteiger partial charge in [-0.1, -0.05) is 12.2 Å². The Hall–Kier alpha value is -1.09. The Morgan fingerprint density at radius 1 is 1.42 bits per heavy atom. The molecule has 0 aromatic heterocycles. The van der Waals surface area contributed by atoms with Gasteiger partial charge in [0.15, 0.2) is 0 Å². The Morgan fingerprint density at radius 2 is 1.92 bits per heavy atom. The first-order valence-corrected chi connectivity index (χ1v) is 3.89. The van der Waals surface area contributed by atoms with Crippen LogP contribution >= 0.6 is 0 Å². The molecule has 0 heterocycles. The van der Waals surface area contributed by atoms with Gasteiger partial charge in [-0.2, -0.15) is 0 Å². The van der Waals surface area contributed by atoms with Crippen molar-refractivity contribution in [2.24, 2.45) is 0 Å². The Bertz CT molecular complexity index is 156. The summed E-state index contributed by atoms with van der Waals surface area (Å²) < 4.78 is 0. The quantitative estimate of drug-likeness (QED) is 0.582. The number of hydrogen-bond acceptors (Lipinski definition) is 2. The molecule has 0 saturated heterocycles. The van der Waals surface area contributed by atoms with Crippen LogP contribution in [0.3, 0.4) is 0 Å². The Labute approximate surface area is 73.8 Å². The van der Waals surface area contributed by atoms with E-state index in [9.17, 15) is 4.79 Å². The van der Waals surface area contributed by atoms with E-state index >= 15 is 0 Å². The van der Waals surface area contributed by atoms with Crippen LogP contribution in [0, 0.1) is 0 Å². The standard InChI is InChI=1S/C9H16N2O/c1-4-6-11(7-5-2)8-9(12)10-3/h4-5H,1-2,6-8H2,3H3,(H,10,12). The molecule has 0 aromatic rings. The molecule has 3 nitrogen and oxygen atoms in total. The van der Waals surface area contributed by atoms with Crippen LogP contribution in [0.2, 0.25) is 0 Å². The predicted molar refractivity (Wildman–Crippen MR) is 50.9 cm³/mol. The molecule has 0 saturated carbocycles. The lowest BCUT2D eigenvalue weighted by molar-refractivity contribution is -0.121. The Morgan fingerprint density at radius 3 is 2.25 bits per heavy atom. The predicted octanol–water partition coefficient (Wildman–Crippen LogP) is 0.406. The van der Waals surface area contributed by atoms with Gasteiger partial charge in [-0.3, -0.25) is 9.69 Å². The van der Waals surface area contributed by atoms with Crippen molar-refractivity contribution in [3.63, 3.8) is 0 Å². The van der Waals surface area contributed by atoms with E-state index in [0.717, 1.165) is 0 Å². The van der Waals surface area contributed by atoms with Gasteiger partial charge in [0.05, 0.1) is 6.54 Å².